The second kappa shape index (κ2) is 6.43. The number of hydrogen-bond acceptors (Lipinski definition) is 4. The van der Waals surface area contributed by atoms with Crippen LogP contribution >= 0.6 is 11.6 Å². The molecule has 0 bridgehead atoms. The molecule has 0 atom stereocenters. The van der Waals surface area contributed by atoms with Gasteiger partial charge in [0.2, 0.25) is 0 Å². The fourth-order valence-corrected chi connectivity index (χ4v) is 1.90. The van der Waals surface area contributed by atoms with Gasteiger partial charge in [0.15, 0.2) is 0 Å². The number of nitrogens with zero attached hydrogens (tertiary/aromatic N) is 2. The standard InChI is InChI=1S/C14H15ClN2O3/c1-3-19-14(18)12-8-16-17(2)13(12)9-20-11-6-4-5-10(15)7-11/h4-8H,3,9H2,1-2H3. The van der Waals surface area contributed by atoms with E-state index >= 15 is 0 Å². The van der Waals surface area contributed by atoms with Gasteiger partial charge < -0.3 is 9.47 Å². The van der Waals surface area contributed by atoms with Crippen molar-refractivity contribution in [2.24, 2.45) is 7.05 Å². The van der Waals surface area contributed by atoms with Gasteiger partial charge in [0.05, 0.1) is 18.5 Å². The molecule has 20 heavy (non-hydrogen) atoms. The van der Waals surface area contributed by atoms with Crippen molar-refractivity contribution in [3.63, 3.8) is 0 Å². The lowest BCUT2D eigenvalue weighted by molar-refractivity contribution is 0.0523. The number of halogens is 1. The molecule has 2 aromatic rings. The van der Waals surface area contributed by atoms with Crippen LogP contribution < -0.4 is 4.74 Å². The Morgan fingerprint density at radius 1 is 1.45 bits per heavy atom. The Kier molecular flexibility index (Phi) is 4.63. The number of rotatable bonds is 5. The zero-order valence-corrected chi connectivity index (χ0v) is 12.1. The summed E-state index contributed by atoms with van der Waals surface area (Å²) in [5.41, 5.74) is 1.07. The van der Waals surface area contributed by atoms with Crippen LogP contribution in [0.3, 0.4) is 0 Å². The lowest BCUT2D eigenvalue weighted by Crippen LogP contribution is -2.11. The summed E-state index contributed by atoms with van der Waals surface area (Å²) in [5.74, 6) is 0.235. The number of aromatic nitrogens is 2. The van der Waals surface area contributed by atoms with Crippen LogP contribution in [-0.4, -0.2) is 22.4 Å². The highest BCUT2D eigenvalue weighted by Gasteiger charge is 2.17. The van der Waals surface area contributed by atoms with Gasteiger partial charge in [-0.15, -0.1) is 0 Å². The van der Waals surface area contributed by atoms with Crippen LogP contribution in [0.4, 0.5) is 0 Å². The molecule has 0 spiro atoms. The van der Waals surface area contributed by atoms with Gasteiger partial charge in [-0.2, -0.15) is 5.10 Å². The first kappa shape index (κ1) is 14.4. The average Bonchev–Trinajstić information content (AvgIpc) is 2.78. The van der Waals surface area contributed by atoms with E-state index in [-0.39, 0.29) is 6.61 Å². The molecule has 0 N–H and O–H groups in total. The van der Waals surface area contributed by atoms with Crippen LogP contribution in [0.1, 0.15) is 23.0 Å². The summed E-state index contributed by atoms with van der Waals surface area (Å²) in [5, 5.41) is 4.65. The van der Waals surface area contributed by atoms with Crippen LogP contribution in [0.25, 0.3) is 0 Å². The lowest BCUT2D eigenvalue weighted by Gasteiger charge is -2.08. The minimum Gasteiger partial charge on any atom is -0.487 e. The van der Waals surface area contributed by atoms with E-state index in [0.717, 1.165) is 0 Å². The maximum Gasteiger partial charge on any atom is 0.341 e. The highest BCUT2D eigenvalue weighted by Crippen LogP contribution is 2.19. The van der Waals surface area contributed by atoms with Crippen LogP contribution in [0.2, 0.25) is 5.02 Å². The van der Waals surface area contributed by atoms with Crippen molar-refractivity contribution >= 4 is 17.6 Å². The largest absolute Gasteiger partial charge is 0.487 e. The molecule has 0 amide bonds. The number of aryl methyl sites for hydroxylation is 1. The van der Waals surface area contributed by atoms with Gasteiger partial charge >= 0.3 is 5.97 Å². The van der Waals surface area contributed by atoms with Crippen molar-refractivity contribution in [3.8, 4) is 5.75 Å². The van der Waals surface area contributed by atoms with E-state index in [1.165, 1.54) is 6.20 Å². The number of carbonyl (C=O) groups excluding carboxylic acids is 1. The Morgan fingerprint density at radius 3 is 2.95 bits per heavy atom. The van der Waals surface area contributed by atoms with E-state index in [9.17, 15) is 4.79 Å². The molecule has 0 unspecified atom stereocenters. The smallest absolute Gasteiger partial charge is 0.341 e. The summed E-state index contributed by atoms with van der Waals surface area (Å²) in [7, 11) is 1.75. The van der Waals surface area contributed by atoms with Crippen molar-refractivity contribution < 1.29 is 14.3 Å². The zero-order valence-electron chi connectivity index (χ0n) is 11.3. The topological polar surface area (TPSA) is 53.3 Å². The van der Waals surface area contributed by atoms with Gasteiger partial charge in [-0.25, -0.2) is 4.79 Å². The molecule has 0 fully saturated rings. The Hall–Kier alpha value is -2.01. The summed E-state index contributed by atoms with van der Waals surface area (Å²) < 4.78 is 12.2. The Bertz CT molecular complexity index is 610. The summed E-state index contributed by atoms with van der Waals surface area (Å²) in [6.07, 6.45) is 1.48. The molecule has 106 valence electrons. The minimum absolute atomic E-state index is 0.213. The fraction of sp³-hybridized carbons (Fsp3) is 0.286. The van der Waals surface area contributed by atoms with Crippen LogP contribution in [-0.2, 0) is 18.4 Å². The van der Waals surface area contributed by atoms with Gasteiger partial charge in [-0.05, 0) is 25.1 Å². The maximum absolute atomic E-state index is 11.8. The van der Waals surface area contributed by atoms with Gasteiger partial charge in [0.1, 0.15) is 17.9 Å². The minimum atomic E-state index is -0.398. The number of carbonyl (C=O) groups is 1. The number of esters is 1. The third-order valence-electron chi connectivity index (χ3n) is 2.73. The van der Waals surface area contributed by atoms with Gasteiger partial charge in [-0.1, -0.05) is 17.7 Å². The van der Waals surface area contributed by atoms with E-state index in [1.807, 2.05) is 0 Å². The first-order valence-corrected chi connectivity index (χ1v) is 6.56. The molecule has 0 saturated carbocycles. The fourth-order valence-electron chi connectivity index (χ4n) is 1.72. The molecule has 1 aromatic carbocycles. The van der Waals surface area contributed by atoms with Crippen molar-refractivity contribution in [1.82, 2.24) is 9.78 Å². The SMILES string of the molecule is CCOC(=O)c1cnn(C)c1COc1cccc(Cl)c1. The molecule has 0 saturated heterocycles. The highest BCUT2D eigenvalue weighted by atomic mass is 35.5. The second-order valence-corrected chi connectivity index (χ2v) is 4.53. The van der Waals surface area contributed by atoms with E-state index in [2.05, 4.69) is 5.10 Å². The summed E-state index contributed by atoms with van der Waals surface area (Å²) in [4.78, 5) is 11.8. The van der Waals surface area contributed by atoms with Crippen LogP contribution in [0.5, 0.6) is 5.75 Å². The van der Waals surface area contributed by atoms with Gasteiger partial charge in [-0.3, -0.25) is 4.68 Å². The lowest BCUT2D eigenvalue weighted by atomic mass is 10.2. The predicted molar refractivity (Wildman–Crippen MR) is 74.9 cm³/mol. The van der Waals surface area contributed by atoms with Crippen molar-refractivity contribution in [1.29, 1.82) is 0 Å². The van der Waals surface area contributed by atoms with Crippen molar-refractivity contribution in [2.75, 3.05) is 6.61 Å². The average molecular weight is 295 g/mol. The molecular formula is C14H15ClN2O3. The monoisotopic (exact) mass is 294 g/mol. The van der Waals surface area contributed by atoms with E-state index in [4.69, 9.17) is 21.1 Å². The summed E-state index contributed by atoms with van der Waals surface area (Å²) in [6, 6.07) is 7.07. The number of ether oxygens (including phenoxy) is 2. The molecule has 0 aliphatic heterocycles. The molecule has 0 aliphatic rings. The van der Waals surface area contributed by atoms with Gasteiger partial charge in [0.25, 0.3) is 0 Å². The first-order valence-electron chi connectivity index (χ1n) is 6.18. The van der Waals surface area contributed by atoms with Gasteiger partial charge in [0, 0.05) is 12.1 Å². The molecule has 6 heteroatoms. The summed E-state index contributed by atoms with van der Waals surface area (Å²) in [6.45, 7) is 2.30. The zero-order chi connectivity index (χ0) is 14.5. The molecule has 2 rings (SSSR count). The second-order valence-electron chi connectivity index (χ2n) is 4.10. The van der Waals surface area contributed by atoms with Crippen LogP contribution in [0.15, 0.2) is 30.5 Å². The predicted octanol–water partition coefficient (Wildman–Crippen LogP) is 2.83. The maximum atomic E-state index is 11.8. The summed E-state index contributed by atoms with van der Waals surface area (Å²) >= 11 is 5.89. The Morgan fingerprint density at radius 2 is 2.25 bits per heavy atom. The number of benzene rings is 1. The van der Waals surface area contributed by atoms with E-state index in [0.29, 0.717) is 28.6 Å². The third-order valence-corrected chi connectivity index (χ3v) is 2.96. The highest BCUT2D eigenvalue weighted by molar-refractivity contribution is 6.30. The Balaban J connectivity index is 2.13. The third kappa shape index (κ3) is 3.30. The van der Waals surface area contributed by atoms with E-state index < -0.39 is 5.97 Å². The molecule has 5 nitrogen and oxygen atoms in total. The van der Waals surface area contributed by atoms with Crippen molar-refractivity contribution in [2.45, 2.75) is 13.5 Å². The molecule has 1 heterocycles. The van der Waals surface area contributed by atoms with Crippen LogP contribution in [0, 0.1) is 0 Å². The molecular weight excluding hydrogens is 280 g/mol. The van der Waals surface area contributed by atoms with Crippen molar-refractivity contribution in [3.05, 3.63) is 46.7 Å². The Labute approximate surface area is 122 Å². The van der Waals surface area contributed by atoms with E-state index in [1.54, 1.807) is 42.9 Å². The molecule has 0 aliphatic carbocycles. The molecule has 1 aromatic heterocycles. The quantitative estimate of drug-likeness (QED) is 0.796. The normalized spacial score (nSPS) is 10.3. The molecule has 0 radical (unpaired) electrons. The first-order chi connectivity index (χ1) is 9.61. The number of hydrogen-bond donors (Lipinski definition) is 0.